The molecule has 0 spiro atoms. The van der Waals surface area contributed by atoms with Crippen LogP contribution in [0.2, 0.25) is 0 Å². The molecule has 1 atom stereocenters. The van der Waals surface area contributed by atoms with Gasteiger partial charge < -0.3 is 9.47 Å². The van der Waals surface area contributed by atoms with Gasteiger partial charge in [-0.15, -0.1) is 0 Å². The normalized spacial score (nSPS) is 21.1. The Kier molecular flexibility index (Phi) is 4.83. The van der Waals surface area contributed by atoms with Crippen LogP contribution in [0.25, 0.3) is 0 Å². The lowest BCUT2D eigenvalue weighted by molar-refractivity contribution is -0.155. The van der Waals surface area contributed by atoms with Crippen molar-refractivity contribution in [2.75, 3.05) is 20.3 Å². The third-order valence-electron chi connectivity index (χ3n) is 3.88. The Bertz CT molecular complexity index is 502. The number of carbonyl (C=O) groups excluding carboxylic acids is 2. The summed E-state index contributed by atoms with van der Waals surface area (Å²) in [4.78, 5) is 26.1. The highest BCUT2D eigenvalue weighted by atomic mass is 16.6. The van der Waals surface area contributed by atoms with Crippen LogP contribution in [0, 0.1) is 0 Å². The van der Waals surface area contributed by atoms with Crippen molar-refractivity contribution in [1.29, 1.82) is 0 Å². The molecule has 114 valence electrons. The number of nitrogens with zero attached hydrogens (tertiary/aromatic N) is 1. The molecular weight excluding hydrogens is 270 g/mol. The van der Waals surface area contributed by atoms with E-state index in [0.717, 1.165) is 12.0 Å². The van der Waals surface area contributed by atoms with Crippen molar-refractivity contribution in [3.8, 4) is 0 Å². The topological polar surface area (TPSA) is 55.8 Å². The summed E-state index contributed by atoms with van der Waals surface area (Å²) in [5.41, 5.74) is 0.0473. The first-order valence-electron chi connectivity index (χ1n) is 7.21. The van der Waals surface area contributed by atoms with E-state index < -0.39 is 11.6 Å². The SMILES string of the molecule is CCOC(=O)[C@@]1(Cc2ccccc2)CCCN1C(=O)OC. The standard InChI is InChI=1S/C16H21NO4/c1-3-21-14(18)16(12-13-8-5-4-6-9-13)10-7-11-17(16)15(19)20-2/h4-6,8-9H,3,7,10-12H2,1-2H3/t16-/m0/s1. The number of rotatable bonds is 4. The Hall–Kier alpha value is -2.04. The number of hydrogen-bond donors (Lipinski definition) is 0. The Morgan fingerprint density at radius 3 is 2.62 bits per heavy atom. The molecule has 21 heavy (non-hydrogen) atoms. The van der Waals surface area contributed by atoms with Crippen molar-refractivity contribution in [3.63, 3.8) is 0 Å². The highest BCUT2D eigenvalue weighted by molar-refractivity contribution is 5.87. The highest BCUT2D eigenvalue weighted by Gasteiger charge is 2.51. The summed E-state index contributed by atoms with van der Waals surface area (Å²) in [6.45, 7) is 2.58. The first kappa shape index (κ1) is 15.4. The molecule has 5 nitrogen and oxygen atoms in total. The van der Waals surface area contributed by atoms with Gasteiger partial charge in [0.1, 0.15) is 5.54 Å². The summed E-state index contributed by atoms with van der Waals surface area (Å²) in [6, 6.07) is 9.67. The van der Waals surface area contributed by atoms with Crippen LogP contribution >= 0.6 is 0 Å². The van der Waals surface area contributed by atoms with E-state index in [2.05, 4.69) is 0 Å². The minimum absolute atomic E-state index is 0.296. The number of amides is 1. The Morgan fingerprint density at radius 2 is 2.00 bits per heavy atom. The molecule has 1 aliphatic heterocycles. The summed E-state index contributed by atoms with van der Waals surface area (Å²) in [6.07, 6.45) is 1.33. The number of ether oxygens (including phenoxy) is 2. The van der Waals surface area contributed by atoms with Gasteiger partial charge >= 0.3 is 12.1 Å². The van der Waals surface area contributed by atoms with Gasteiger partial charge in [0.25, 0.3) is 0 Å². The van der Waals surface area contributed by atoms with Gasteiger partial charge in [-0.3, -0.25) is 4.90 Å². The van der Waals surface area contributed by atoms with Crippen molar-refractivity contribution < 1.29 is 19.1 Å². The van der Waals surface area contributed by atoms with E-state index in [9.17, 15) is 9.59 Å². The maximum absolute atomic E-state index is 12.5. The molecule has 1 aliphatic rings. The van der Waals surface area contributed by atoms with Crippen LogP contribution in [0.4, 0.5) is 4.79 Å². The number of hydrogen-bond acceptors (Lipinski definition) is 4. The highest BCUT2D eigenvalue weighted by Crippen LogP contribution is 2.34. The Balaban J connectivity index is 2.34. The zero-order valence-electron chi connectivity index (χ0n) is 12.5. The second-order valence-corrected chi connectivity index (χ2v) is 5.14. The van der Waals surface area contributed by atoms with Gasteiger partial charge in [0, 0.05) is 13.0 Å². The molecule has 0 N–H and O–H groups in total. The van der Waals surface area contributed by atoms with Crippen LogP contribution in [0.1, 0.15) is 25.3 Å². The summed E-state index contributed by atoms with van der Waals surface area (Å²) < 4.78 is 10.1. The minimum atomic E-state index is -0.954. The third-order valence-corrected chi connectivity index (χ3v) is 3.88. The van der Waals surface area contributed by atoms with E-state index in [4.69, 9.17) is 9.47 Å². The van der Waals surface area contributed by atoms with Crippen molar-refractivity contribution in [3.05, 3.63) is 35.9 Å². The van der Waals surface area contributed by atoms with E-state index >= 15 is 0 Å². The smallest absolute Gasteiger partial charge is 0.410 e. The minimum Gasteiger partial charge on any atom is -0.464 e. The van der Waals surface area contributed by atoms with E-state index in [1.54, 1.807) is 6.92 Å². The van der Waals surface area contributed by atoms with Gasteiger partial charge in [-0.25, -0.2) is 9.59 Å². The fourth-order valence-electron chi connectivity index (χ4n) is 2.92. The molecule has 0 unspecified atom stereocenters. The van der Waals surface area contributed by atoms with Gasteiger partial charge in [-0.1, -0.05) is 30.3 Å². The number of methoxy groups -OCH3 is 1. The zero-order valence-corrected chi connectivity index (χ0v) is 12.5. The molecule has 0 aliphatic carbocycles. The van der Waals surface area contributed by atoms with Crippen LogP contribution in [-0.2, 0) is 20.7 Å². The number of carbonyl (C=O) groups is 2. The van der Waals surface area contributed by atoms with Gasteiger partial charge in [-0.05, 0) is 25.3 Å². The van der Waals surface area contributed by atoms with Crippen LogP contribution in [0.5, 0.6) is 0 Å². The molecule has 1 aromatic carbocycles. The largest absolute Gasteiger partial charge is 0.464 e. The molecule has 1 heterocycles. The van der Waals surface area contributed by atoms with E-state index in [1.807, 2.05) is 30.3 Å². The van der Waals surface area contributed by atoms with Gasteiger partial charge in [0.2, 0.25) is 0 Å². The second kappa shape index (κ2) is 6.61. The lowest BCUT2D eigenvalue weighted by Gasteiger charge is -2.35. The maximum Gasteiger partial charge on any atom is 0.410 e. The molecule has 5 heteroatoms. The summed E-state index contributed by atoms with van der Waals surface area (Å²) >= 11 is 0. The van der Waals surface area contributed by atoms with Crippen molar-refractivity contribution in [2.45, 2.75) is 31.7 Å². The van der Waals surface area contributed by atoms with Crippen LogP contribution < -0.4 is 0 Å². The fourth-order valence-corrected chi connectivity index (χ4v) is 2.92. The second-order valence-electron chi connectivity index (χ2n) is 5.14. The summed E-state index contributed by atoms with van der Waals surface area (Å²) in [5, 5.41) is 0. The van der Waals surface area contributed by atoms with E-state index in [-0.39, 0.29) is 5.97 Å². The lowest BCUT2D eigenvalue weighted by Crippen LogP contribution is -2.55. The van der Waals surface area contributed by atoms with E-state index in [0.29, 0.717) is 26.0 Å². The molecule has 0 radical (unpaired) electrons. The number of esters is 1. The lowest BCUT2D eigenvalue weighted by atomic mass is 9.88. The molecule has 0 bridgehead atoms. The van der Waals surface area contributed by atoms with Crippen LogP contribution in [-0.4, -0.2) is 42.8 Å². The first-order valence-corrected chi connectivity index (χ1v) is 7.21. The summed E-state index contributed by atoms with van der Waals surface area (Å²) in [7, 11) is 1.33. The predicted molar refractivity (Wildman–Crippen MR) is 77.9 cm³/mol. The van der Waals surface area contributed by atoms with Crippen molar-refractivity contribution in [2.24, 2.45) is 0 Å². The average Bonchev–Trinajstić information content (AvgIpc) is 2.92. The van der Waals surface area contributed by atoms with Gasteiger partial charge in [0.05, 0.1) is 13.7 Å². The molecule has 1 aromatic rings. The molecule has 0 aromatic heterocycles. The van der Waals surface area contributed by atoms with Crippen LogP contribution in [0.3, 0.4) is 0 Å². The molecular formula is C16H21NO4. The van der Waals surface area contributed by atoms with Crippen molar-refractivity contribution >= 4 is 12.1 Å². The number of likely N-dealkylation sites (tertiary alicyclic amines) is 1. The van der Waals surface area contributed by atoms with Gasteiger partial charge in [0.15, 0.2) is 0 Å². The molecule has 1 fully saturated rings. The molecule has 2 rings (SSSR count). The first-order chi connectivity index (χ1) is 10.1. The Morgan fingerprint density at radius 1 is 1.29 bits per heavy atom. The van der Waals surface area contributed by atoms with Crippen molar-refractivity contribution in [1.82, 2.24) is 4.90 Å². The van der Waals surface area contributed by atoms with E-state index in [1.165, 1.54) is 12.0 Å². The average molecular weight is 291 g/mol. The monoisotopic (exact) mass is 291 g/mol. The molecule has 1 saturated heterocycles. The number of benzene rings is 1. The summed E-state index contributed by atoms with van der Waals surface area (Å²) in [5.74, 6) is -0.350. The van der Waals surface area contributed by atoms with Crippen LogP contribution in [0.15, 0.2) is 30.3 Å². The quantitative estimate of drug-likeness (QED) is 0.799. The molecule has 1 amide bonds. The predicted octanol–water partition coefficient (Wildman–Crippen LogP) is 2.39. The fraction of sp³-hybridized carbons (Fsp3) is 0.500. The maximum atomic E-state index is 12.5. The Labute approximate surface area is 124 Å². The zero-order chi connectivity index (χ0) is 15.3. The van der Waals surface area contributed by atoms with Gasteiger partial charge in [-0.2, -0.15) is 0 Å². The molecule has 0 saturated carbocycles. The third kappa shape index (κ3) is 3.01.